The minimum atomic E-state index is 0.271. The summed E-state index contributed by atoms with van der Waals surface area (Å²) in [6, 6.07) is 0. The number of rotatable bonds is 1. The van der Waals surface area contributed by atoms with Gasteiger partial charge in [0.25, 0.3) is 10.7 Å². The highest BCUT2D eigenvalue weighted by molar-refractivity contribution is 7.71. The van der Waals surface area contributed by atoms with E-state index in [1.54, 1.807) is 5.51 Å². The van der Waals surface area contributed by atoms with E-state index in [-0.39, 0.29) is 4.84 Å². The van der Waals surface area contributed by atoms with Gasteiger partial charge in [-0.3, -0.25) is 0 Å². The van der Waals surface area contributed by atoms with Gasteiger partial charge < -0.3 is 4.42 Å². The Balaban J connectivity index is 2.53. The lowest BCUT2D eigenvalue weighted by Gasteiger charge is -1.80. The molecular weight excluding hydrogens is 182 g/mol. The van der Waals surface area contributed by atoms with Crippen LogP contribution in [-0.4, -0.2) is 15.2 Å². The highest BCUT2D eigenvalue weighted by Gasteiger charge is 2.03. The zero-order valence-corrected chi connectivity index (χ0v) is 6.91. The van der Waals surface area contributed by atoms with Crippen LogP contribution < -0.4 is 0 Å². The minimum Gasteiger partial charge on any atom is -0.408 e. The van der Waals surface area contributed by atoms with Crippen LogP contribution in [0.2, 0.25) is 0 Å². The fourth-order valence-electron chi connectivity index (χ4n) is 0.658. The van der Waals surface area contributed by atoms with Crippen molar-refractivity contribution in [3.8, 4) is 11.6 Å². The monoisotopic (exact) mass is 185 g/mol. The number of aromatic nitrogens is 3. The Kier molecular flexibility index (Phi) is 1.55. The summed E-state index contributed by atoms with van der Waals surface area (Å²) in [5, 5.41) is 8.17. The first-order chi connectivity index (χ1) is 5.36. The van der Waals surface area contributed by atoms with Gasteiger partial charge in [0, 0.05) is 5.38 Å². The van der Waals surface area contributed by atoms with Crippen LogP contribution in [0.1, 0.15) is 0 Å². The Labute approximate surface area is 70.9 Å². The van der Waals surface area contributed by atoms with Gasteiger partial charge in [0.05, 0.1) is 5.51 Å². The molecule has 4 nitrogen and oxygen atoms in total. The number of nitrogens with zero attached hydrogens (tertiary/aromatic N) is 2. The highest BCUT2D eigenvalue weighted by Crippen LogP contribution is 2.15. The maximum atomic E-state index is 5.02. The van der Waals surface area contributed by atoms with E-state index in [1.807, 2.05) is 5.38 Å². The minimum absolute atomic E-state index is 0.271. The third-order valence-corrected chi connectivity index (χ3v) is 1.85. The Bertz CT molecular complexity index is 388. The summed E-state index contributed by atoms with van der Waals surface area (Å²) in [5.74, 6) is 0.441. The largest absolute Gasteiger partial charge is 0.408 e. The van der Waals surface area contributed by atoms with Crippen LogP contribution in [0.15, 0.2) is 15.3 Å². The van der Waals surface area contributed by atoms with Crippen molar-refractivity contribution in [3.63, 3.8) is 0 Å². The quantitative estimate of drug-likeness (QED) is 0.689. The molecule has 0 fully saturated rings. The molecule has 56 valence electrons. The summed E-state index contributed by atoms with van der Waals surface area (Å²) in [6.45, 7) is 0. The molecule has 0 bridgehead atoms. The fraction of sp³-hybridized carbons (Fsp3) is 0. The van der Waals surface area contributed by atoms with Crippen molar-refractivity contribution >= 4 is 23.6 Å². The molecule has 6 heteroatoms. The van der Waals surface area contributed by atoms with Gasteiger partial charge in [-0.2, -0.15) is 0 Å². The third-order valence-electron chi connectivity index (χ3n) is 1.09. The Morgan fingerprint density at radius 3 is 3.09 bits per heavy atom. The smallest absolute Gasteiger partial charge is 0.284 e. The van der Waals surface area contributed by atoms with Crippen LogP contribution in [0.4, 0.5) is 0 Å². The lowest BCUT2D eigenvalue weighted by Crippen LogP contribution is -1.74. The first kappa shape index (κ1) is 6.68. The van der Waals surface area contributed by atoms with E-state index in [0.717, 1.165) is 0 Å². The molecule has 0 amide bonds. The van der Waals surface area contributed by atoms with Crippen LogP contribution in [-0.2, 0) is 0 Å². The first-order valence-electron chi connectivity index (χ1n) is 2.80. The van der Waals surface area contributed by atoms with Gasteiger partial charge in [0.2, 0.25) is 0 Å². The Hall–Kier alpha value is -1.01. The Morgan fingerprint density at radius 2 is 2.55 bits per heavy atom. The van der Waals surface area contributed by atoms with Crippen LogP contribution in [0.5, 0.6) is 0 Å². The molecule has 2 aromatic heterocycles. The summed E-state index contributed by atoms with van der Waals surface area (Å²) in [6.07, 6.45) is 0. The number of aromatic amines is 1. The SMILES string of the molecule is S=c1[nH]nc(-c2cscn2)o1. The molecule has 0 saturated heterocycles. The number of hydrogen-bond donors (Lipinski definition) is 1. The van der Waals surface area contributed by atoms with E-state index in [2.05, 4.69) is 15.2 Å². The van der Waals surface area contributed by atoms with Crippen molar-refractivity contribution < 1.29 is 4.42 Å². The number of H-pyrrole nitrogens is 1. The molecule has 0 atom stereocenters. The normalized spacial score (nSPS) is 10.2. The van der Waals surface area contributed by atoms with Crippen LogP contribution >= 0.6 is 23.6 Å². The van der Waals surface area contributed by atoms with Crippen molar-refractivity contribution in [3.05, 3.63) is 15.7 Å². The molecule has 0 aliphatic heterocycles. The molecule has 0 aromatic carbocycles. The molecule has 2 aromatic rings. The molecule has 2 heterocycles. The van der Waals surface area contributed by atoms with Crippen molar-refractivity contribution in [2.24, 2.45) is 0 Å². The van der Waals surface area contributed by atoms with E-state index >= 15 is 0 Å². The van der Waals surface area contributed by atoms with E-state index in [1.165, 1.54) is 11.3 Å². The molecule has 0 aliphatic rings. The van der Waals surface area contributed by atoms with Crippen LogP contribution in [0.25, 0.3) is 11.6 Å². The zero-order chi connectivity index (χ0) is 7.68. The maximum Gasteiger partial charge on any atom is 0.284 e. The van der Waals surface area contributed by atoms with Gasteiger partial charge in [0.1, 0.15) is 5.69 Å². The number of nitrogens with one attached hydrogen (secondary N) is 1. The second kappa shape index (κ2) is 2.55. The average molecular weight is 185 g/mol. The summed E-state index contributed by atoms with van der Waals surface area (Å²) in [7, 11) is 0. The molecular formula is C5H3N3OS2. The van der Waals surface area contributed by atoms with E-state index in [4.69, 9.17) is 16.6 Å². The van der Waals surface area contributed by atoms with E-state index in [0.29, 0.717) is 11.6 Å². The maximum absolute atomic E-state index is 5.02. The predicted molar refractivity (Wildman–Crippen MR) is 42.8 cm³/mol. The molecule has 1 N–H and O–H groups in total. The van der Waals surface area contributed by atoms with E-state index < -0.39 is 0 Å². The van der Waals surface area contributed by atoms with Crippen molar-refractivity contribution in [2.45, 2.75) is 0 Å². The molecule has 0 spiro atoms. The predicted octanol–water partition coefficient (Wildman–Crippen LogP) is 1.86. The topological polar surface area (TPSA) is 54.7 Å². The van der Waals surface area contributed by atoms with Crippen LogP contribution in [0.3, 0.4) is 0 Å². The van der Waals surface area contributed by atoms with Crippen molar-refractivity contribution in [1.29, 1.82) is 0 Å². The molecule has 0 unspecified atom stereocenters. The van der Waals surface area contributed by atoms with Gasteiger partial charge in [-0.05, 0) is 12.2 Å². The van der Waals surface area contributed by atoms with Gasteiger partial charge in [-0.1, -0.05) is 0 Å². The van der Waals surface area contributed by atoms with Crippen molar-refractivity contribution in [1.82, 2.24) is 15.2 Å². The van der Waals surface area contributed by atoms with Crippen LogP contribution in [0, 0.1) is 4.84 Å². The van der Waals surface area contributed by atoms with Gasteiger partial charge in [0.15, 0.2) is 0 Å². The molecule has 2 rings (SSSR count). The lowest BCUT2D eigenvalue weighted by molar-refractivity contribution is 0.550. The molecule has 0 saturated carbocycles. The van der Waals surface area contributed by atoms with Gasteiger partial charge in [-0.15, -0.1) is 16.4 Å². The number of hydrogen-bond acceptors (Lipinski definition) is 5. The van der Waals surface area contributed by atoms with Crippen molar-refractivity contribution in [2.75, 3.05) is 0 Å². The first-order valence-corrected chi connectivity index (χ1v) is 4.15. The zero-order valence-electron chi connectivity index (χ0n) is 5.27. The molecule has 0 aliphatic carbocycles. The number of thiazole rings is 1. The second-order valence-corrected chi connectivity index (χ2v) is 2.88. The van der Waals surface area contributed by atoms with Gasteiger partial charge >= 0.3 is 0 Å². The fourth-order valence-corrected chi connectivity index (χ4v) is 1.31. The third kappa shape index (κ3) is 1.22. The summed E-state index contributed by atoms with van der Waals surface area (Å²) in [5.41, 5.74) is 2.42. The standard InChI is InChI=1S/C5H3N3OS2/c10-5-8-7-4(9-5)3-1-11-2-6-3/h1-2H,(H,8,10). The van der Waals surface area contributed by atoms with E-state index in [9.17, 15) is 0 Å². The lowest BCUT2D eigenvalue weighted by atomic mass is 10.5. The average Bonchev–Trinajstić information content (AvgIpc) is 2.55. The summed E-state index contributed by atoms with van der Waals surface area (Å²) >= 11 is 6.18. The molecule has 0 radical (unpaired) electrons. The molecule has 11 heavy (non-hydrogen) atoms. The Morgan fingerprint density at radius 1 is 1.64 bits per heavy atom. The summed E-state index contributed by atoms with van der Waals surface area (Å²) < 4.78 is 5.02. The summed E-state index contributed by atoms with van der Waals surface area (Å²) in [4.78, 5) is 4.27. The van der Waals surface area contributed by atoms with Gasteiger partial charge in [-0.25, -0.2) is 10.1 Å². The highest BCUT2D eigenvalue weighted by atomic mass is 32.1. The second-order valence-electron chi connectivity index (χ2n) is 1.79.